The van der Waals surface area contributed by atoms with Crippen molar-refractivity contribution in [3.05, 3.63) is 18.0 Å². The summed E-state index contributed by atoms with van der Waals surface area (Å²) in [5.74, 6) is 2.66. The van der Waals surface area contributed by atoms with Crippen LogP contribution in [0.1, 0.15) is 19.2 Å². The van der Waals surface area contributed by atoms with E-state index in [4.69, 9.17) is 24.9 Å². The van der Waals surface area contributed by atoms with Crippen LogP contribution in [0.15, 0.2) is 12.1 Å². The van der Waals surface area contributed by atoms with E-state index in [1.165, 1.54) is 0 Å². The summed E-state index contributed by atoms with van der Waals surface area (Å²) in [5, 5.41) is 0. The minimum Gasteiger partial charge on any atom is -0.486 e. The second-order valence-corrected chi connectivity index (χ2v) is 5.32. The molecule has 0 radical (unpaired) electrons. The van der Waals surface area contributed by atoms with E-state index >= 15 is 0 Å². The zero-order chi connectivity index (χ0) is 15.4. The van der Waals surface area contributed by atoms with E-state index in [1.807, 2.05) is 12.1 Å². The fraction of sp³-hybridized carbons (Fsp3) is 0.562. The van der Waals surface area contributed by atoms with Crippen molar-refractivity contribution < 1.29 is 14.2 Å². The van der Waals surface area contributed by atoms with Crippen LogP contribution in [0.2, 0.25) is 0 Å². The molecule has 6 nitrogen and oxygen atoms in total. The molecule has 120 valence electrons. The van der Waals surface area contributed by atoms with Crippen molar-refractivity contribution in [3.8, 4) is 11.5 Å². The van der Waals surface area contributed by atoms with E-state index in [0.717, 1.165) is 47.7 Å². The molecule has 0 bridgehead atoms. The van der Waals surface area contributed by atoms with Crippen LogP contribution in [0, 0.1) is 0 Å². The number of hydrogen-bond donors (Lipinski definition) is 1. The number of ether oxygens (including phenoxy) is 3. The lowest BCUT2D eigenvalue weighted by Gasteiger charge is -2.18. The number of rotatable bonds is 7. The fourth-order valence-electron chi connectivity index (χ4n) is 2.72. The van der Waals surface area contributed by atoms with Gasteiger partial charge in [0.05, 0.1) is 24.2 Å². The molecule has 22 heavy (non-hydrogen) atoms. The Balaban J connectivity index is 1.93. The number of hydrogen-bond acceptors (Lipinski definition) is 5. The topological polar surface area (TPSA) is 71.5 Å². The van der Waals surface area contributed by atoms with Gasteiger partial charge in [0, 0.05) is 31.6 Å². The molecular formula is C16H23N3O3. The summed E-state index contributed by atoms with van der Waals surface area (Å²) in [6.45, 7) is 5.88. The first-order chi connectivity index (χ1) is 10.8. The maximum atomic E-state index is 5.68. The van der Waals surface area contributed by atoms with Crippen molar-refractivity contribution >= 4 is 11.0 Å². The molecule has 0 amide bonds. The van der Waals surface area contributed by atoms with Gasteiger partial charge in [-0.1, -0.05) is 6.92 Å². The number of nitrogens with two attached hydrogens (primary N) is 1. The minimum absolute atomic E-state index is 0.547. The average Bonchev–Trinajstić information content (AvgIpc) is 2.86. The van der Waals surface area contributed by atoms with Crippen molar-refractivity contribution in [2.75, 3.05) is 33.0 Å². The van der Waals surface area contributed by atoms with Gasteiger partial charge in [0.15, 0.2) is 11.5 Å². The molecule has 0 saturated heterocycles. The van der Waals surface area contributed by atoms with Gasteiger partial charge in [0.2, 0.25) is 0 Å². The Bertz CT molecular complexity index is 639. The third-order valence-corrected chi connectivity index (χ3v) is 3.69. The Morgan fingerprint density at radius 1 is 1.23 bits per heavy atom. The maximum absolute atomic E-state index is 5.68. The molecular weight excluding hydrogens is 282 g/mol. The van der Waals surface area contributed by atoms with Crippen molar-refractivity contribution in [1.82, 2.24) is 9.55 Å². The first kappa shape index (κ1) is 15.1. The molecule has 3 rings (SSSR count). The van der Waals surface area contributed by atoms with Gasteiger partial charge in [-0.25, -0.2) is 4.98 Å². The molecule has 0 atom stereocenters. The van der Waals surface area contributed by atoms with Crippen LogP contribution in [-0.2, 0) is 17.7 Å². The average molecular weight is 305 g/mol. The standard InChI is InChI=1S/C16H23N3O3/c1-2-3-16-18-12-10-14-15(22-9-8-21-14)11-13(12)19(16)5-7-20-6-4-17/h10-11H,2-9,17H2,1H3. The molecule has 2 aromatic rings. The third kappa shape index (κ3) is 3.03. The first-order valence-corrected chi connectivity index (χ1v) is 7.90. The van der Waals surface area contributed by atoms with Gasteiger partial charge in [-0.05, 0) is 6.42 Å². The van der Waals surface area contributed by atoms with Crippen LogP contribution in [0.25, 0.3) is 11.0 Å². The van der Waals surface area contributed by atoms with E-state index < -0.39 is 0 Å². The van der Waals surface area contributed by atoms with Gasteiger partial charge in [0.25, 0.3) is 0 Å². The van der Waals surface area contributed by atoms with Gasteiger partial charge < -0.3 is 24.5 Å². The van der Waals surface area contributed by atoms with Crippen LogP contribution >= 0.6 is 0 Å². The summed E-state index contributed by atoms with van der Waals surface area (Å²) in [4.78, 5) is 4.76. The Morgan fingerprint density at radius 2 is 2.00 bits per heavy atom. The summed E-state index contributed by atoms with van der Waals surface area (Å²) in [7, 11) is 0. The van der Waals surface area contributed by atoms with Crippen molar-refractivity contribution in [2.45, 2.75) is 26.3 Å². The fourth-order valence-corrected chi connectivity index (χ4v) is 2.72. The van der Waals surface area contributed by atoms with E-state index in [0.29, 0.717) is 33.0 Å². The largest absolute Gasteiger partial charge is 0.486 e. The van der Waals surface area contributed by atoms with Crippen molar-refractivity contribution in [1.29, 1.82) is 0 Å². The van der Waals surface area contributed by atoms with Crippen LogP contribution in [0.3, 0.4) is 0 Å². The molecule has 2 N–H and O–H groups in total. The molecule has 1 aliphatic heterocycles. The number of aromatic nitrogens is 2. The second-order valence-electron chi connectivity index (χ2n) is 5.32. The Hall–Kier alpha value is -1.79. The number of imidazole rings is 1. The van der Waals surface area contributed by atoms with Crippen LogP contribution in [0.4, 0.5) is 0 Å². The predicted octanol–water partition coefficient (Wildman–Crippen LogP) is 1.74. The normalized spacial score (nSPS) is 13.7. The molecule has 2 heterocycles. The lowest BCUT2D eigenvalue weighted by Crippen LogP contribution is -2.16. The van der Waals surface area contributed by atoms with Crippen LogP contribution < -0.4 is 15.2 Å². The lowest BCUT2D eigenvalue weighted by molar-refractivity contribution is 0.133. The van der Waals surface area contributed by atoms with E-state index in [2.05, 4.69) is 11.5 Å². The van der Waals surface area contributed by atoms with Gasteiger partial charge in [-0.3, -0.25) is 0 Å². The summed E-state index contributed by atoms with van der Waals surface area (Å²) in [6.07, 6.45) is 2.00. The molecule has 0 aliphatic carbocycles. The molecule has 1 aromatic carbocycles. The zero-order valence-corrected chi connectivity index (χ0v) is 13.0. The molecule has 6 heteroatoms. The maximum Gasteiger partial charge on any atom is 0.163 e. The second kappa shape index (κ2) is 6.98. The first-order valence-electron chi connectivity index (χ1n) is 7.90. The molecule has 0 fully saturated rings. The quantitative estimate of drug-likeness (QED) is 0.789. The molecule has 0 unspecified atom stereocenters. The highest BCUT2D eigenvalue weighted by Crippen LogP contribution is 2.34. The number of fused-ring (bicyclic) bond motifs is 2. The lowest BCUT2D eigenvalue weighted by atomic mass is 10.2. The van der Waals surface area contributed by atoms with Gasteiger partial charge in [-0.2, -0.15) is 0 Å². The summed E-state index contributed by atoms with van der Waals surface area (Å²) in [6, 6.07) is 4.00. The predicted molar refractivity (Wildman–Crippen MR) is 84.6 cm³/mol. The van der Waals surface area contributed by atoms with Gasteiger partial charge in [-0.15, -0.1) is 0 Å². The Kier molecular flexibility index (Phi) is 4.80. The highest BCUT2D eigenvalue weighted by atomic mass is 16.6. The summed E-state index contributed by atoms with van der Waals surface area (Å²) in [5.41, 5.74) is 7.48. The van der Waals surface area contributed by atoms with Crippen molar-refractivity contribution in [2.24, 2.45) is 5.73 Å². The third-order valence-electron chi connectivity index (χ3n) is 3.69. The smallest absolute Gasteiger partial charge is 0.163 e. The summed E-state index contributed by atoms with van der Waals surface area (Å²) < 4.78 is 19.1. The number of benzene rings is 1. The van der Waals surface area contributed by atoms with E-state index in [1.54, 1.807) is 0 Å². The zero-order valence-electron chi connectivity index (χ0n) is 13.0. The Morgan fingerprint density at radius 3 is 2.73 bits per heavy atom. The summed E-state index contributed by atoms with van der Waals surface area (Å²) >= 11 is 0. The highest BCUT2D eigenvalue weighted by molar-refractivity contribution is 5.80. The SMILES string of the molecule is CCCc1nc2cc3c(cc2n1CCOCCN)OCCO3. The van der Waals surface area contributed by atoms with Crippen LogP contribution in [-0.4, -0.2) is 42.5 Å². The molecule has 0 saturated carbocycles. The van der Waals surface area contributed by atoms with Gasteiger partial charge in [0.1, 0.15) is 19.0 Å². The van der Waals surface area contributed by atoms with E-state index in [9.17, 15) is 0 Å². The monoisotopic (exact) mass is 305 g/mol. The van der Waals surface area contributed by atoms with Crippen LogP contribution in [0.5, 0.6) is 11.5 Å². The molecule has 1 aliphatic rings. The highest BCUT2D eigenvalue weighted by Gasteiger charge is 2.17. The molecule has 0 spiro atoms. The van der Waals surface area contributed by atoms with Crippen molar-refractivity contribution in [3.63, 3.8) is 0 Å². The molecule has 1 aromatic heterocycles. The number of nitrogens with zero attached hydrogens (tertiary/aromatic N) is 2. The number of aryl methyl sites for hydroxylation is 1. The van der Waals surface area contributed by atoms with Gasteiger partial charge >= 0.3 is 0 Å². The van der Waals surface area contributed by atoms with E-state index in [-0.39, 0.29) is 0 Å². The Labute approximate surface area is 130 Å². The minimum atomic E-state index is 0.547.